The molecule has 2 heterocycles. The largest absolute Gasteiger partial charge is 0.306 e. The molecule has 0 spiro atoms. The highest BCUT2D eigenvalue weighted by Gasteiger charge is 2.03. The van der Waals surface area contributed by atoms with Gasteiger partial charge in [-0.15, -0.1) is 0 Å². The minimum absolute atomic E-state index is 0.981. The summed E-state index contributed by atoms with van der Waals surface area (Å²) in [6.45, 7) is 0. The first-order valence-electron chi connectivity index (χ1n) is 4.87. The predicted molar refractivity (Wildman–Crippen MR) is 66.6 cm³/mol. The summed E-state index contributed by atoms with van der Waals surface area (Å²) in [6, 6.07) is 8.04. The van der Waals surface area contributed by atoms with E-state index in [0.29, 0.717) is 0 Å². The van der Waals surface area contributed by atoms with E-state index >= 15 is 0 Å². The first-order valence-corrected chi connectivity index (χ1v) is 5.66. The Labute approximate surface area is 101 Å². The maximum Gasteiger partial charge on any atom is 0.0991 e. The van der Waals surface area contributed by atoms with Crippen LogP contribution in [0, 0.1) is 0 Å². The van der Waals surface area contributed by atoms with Gasteiger partial charge in [-0.2, -0.15) is 0 Å². The van der Waals surface area contributed by atoms with Crippen molar-refractivity contribution < 1.29 is 0 Å². The molecule has 0 amide bonds. The molecule has 0 aliphatic carbocycles. The van der Waals surface area contributed by atoms with Crippen LogP contribution in [0.2, 0.25) is 0 Å². The molecular weight excluding hydrogens is 266 g/mol. The fourth-order valence-electron chi connectivity index (χ4n) is 1.73. The van der Waals surface area contributed by atoms with E-state index in [0.717, 1.165) is 21.1 Å². The standard InChI is InChI=1S/C12H8BrN3/c13-9-1-2-11-10(7-9)12(3-4-15-11)16-6-5-14-8-16/h1-8H. The summed E-state index contributed by atoms with van der Waals surface area (Å²) in [5, 5.41) is 1.11. The van der Waals surface area contributed by atoms with Gasteiger partial charge in [0.05, 0.1) is 17.5 Å². The Bertz CT molecular complexity index is 632. The normalized spacial score (nSPS) is 10.8. The Morgan fingerprint density at radius 2 is 2.06 bits per heavy atom. The number of fused-ring (bicyclic) bond motifs is 1. The molecule has 1 aromatic carbocycles. The summed E-state index contributed by atoms with van der Waals surface area (Å²) in [4.78, 5) is 8.40. The number of aromatic nitrogens is 3. The van der Waals surface area contributed by atoms with Crippen molar-refractivity contribution in [3.05, 3.63) is 53.7 Å². The Morgan fingerprint density at radius 3 is 2.88 bits per heavy atom. The van der Waals surface area contributed by atoms with Gasteiger partial charge in [0.25, 0.3) is 0 Å². The molecule has 4 heteroatoms. The van der Waals surface area contributed by atoms with E-state index in [4.69, 9.17) is 0 Å². The van der Waals surface area contributed by atoms with Gasteiger partial charge in [0.2, 0.25) is 0 Å². The number of pyridine rings is 1. The molecular formula is C12H8BrN3. The molecule has 0 N–H and O–H groups in total. The van der Waals surface area contributed by atoms with Gasteiger partial charge in [0, 0.05) is 28.4 Å². The molecule has 0 fully saturated rings. The third-order valence-corrected chi connectivity index (χ3v) is 2.96. The van der Waals surface area contributed by atoms with Gasteiger partial charge >= 0.3 is 0 Å². The molecule has 0 saturated carbocycles. The molecule has 2 aromatic heterocycles. The van der Waals surface area contributed by atoms with Gasteiger partial charge in [-0.25, -0.2) is 4.98 Å². The zero-order valence-electron chi connectivity index (χ0n) is 8.34. The zero-order valence-corrected chi connectivity index (χ0v) is 9.92. The van der Waals surface area contributed by atoms with Crippen molar-refractivity contribution in [2.75, 3.05) is 0 Å². The van der Waals surface area contributed by atoms with Crippen molar-refractivity contribution in [2.45, 2.75) is 0 Å². The molecule has 0 unspecified atom stereocenters. The summed E-state index contributed by atoms with van der Waals surface area (Å²) < 4.78 is 3.03. The average Bonchev–Trinajstić information content (AvgIpc) is 2.81. The summed E-state index contributed by atoms with van der Waals surface area (Å²) in [5.41, 5.74) is 2.07. The van der Waals surface area contributed by atoms with Crippen molar-refractivity contribution in [1.82, 2.24) is 14.5 Å². The second-order valence-electron chi connectivity index (χ2n) is 3.46. The van der Waals surface area contributed by atoms with Crippen LogP contribution >= 0.6 is 15.9 Å². The predicted octanol–water partition coefficient (Wildman–Crippen LogP) is 3.18. The zero-order chi connectivity index (χ0) is 11.0. The van der Waals surface area contributed by atoms with Crippen LogP contribution in [-0.2, 0) is 0 Å². The van der Waals surface area contributed by atoms with E-state index in [9.17, 15) is 0 Å². The van der Waals surface area contributed by atoms with Gasteiger partial charge in [0.15, 0.2) is 0 Å². The second kappa shape index (κ2) is 3.72. The van der Waals surface area contributed by atoms with Gasteiger partial charge < -0.3 is 4.57 Å². The molecule has 3 aromatic rings. The number of hydrogen-bond acceptors (Lipinski definition) is 2. The Kier molecular flexibility index (Phi) is 2.22. The van der Waals surface area contributed by atoms with Crippen molar-refractivity contribution in [3.8, 4) is 5.69 Å². The Balaban J connectivity index is 2.36. The summed E-state index contributed by atoms with van der Waals surface area (Å²) >= 11 is 3.48. The van der Waals surface area contributed by atoms with Crippen LogP contribution in [0.15, 0.2) is 53.7 Å². The molecule has 0 radical (unpaired) electrons. The highest BCUT2D eigenvalue weighted by Crippen LogP contribution is 2.23. The van der Waals surface area contributed by atoms with Crippen LogP contribution in [0.3, 0.4) is 0 Å². The van der Waals surface area contributed by atoms with Gasteiger partial charge in [-0.05, 0) is 24.3 Å². The maximum absolute atomic E-state index is 4.34. The first-order chi connectivity index (χ1) is 7.84. The van der Waals surface area contributed by atoms with Gasteiger partial charge in [-0.1, -0.05) is 15.9 Å². The topological polar surface area (TPSA) is 30.7 Å². The number of hydrogen-bond donors (Lipinski definition) is 0. The molecule has 0 aliphatic rings. The fourth-order valence-corrected chi connectivity index (χ4v) is 2.09. The molecule has 3 nitrogen and oxygen atoms in total. The lowest BCUT2D eigenvalue weighted by atomic mass is 10.2. The number of halogens is 1. The quantitative estimate of drug-likeness (QED) is 0.682. The number of nitrogens with zero attached hydrogens (tertiary/aromatic N) is 3. The number of imidazole rings is 1. The molecule has 0 atom stereocenters. The first kappa shape index (κ1) is 9.54. The lowest BCUT2D eigenvalue weighted by molar-refractivity contribution is 1.06. The van der Waals surface area contributed by atoms with E-state index in [2.05, 4.69) is 32.0 Å². The fraction of sp³-hybridized carbons (Fsp3) is 0. The lowest BCUT2D eigenvalue weighted by Crippen LogP contribution is -1.92. The Morgan fingerprint density at radius 1 is 1.12 bits per heavy atom. The van der Waals surface area contributed by atoms with Crippen LogP contribution < -0.4 is 0 Å². The summed E-state index contributed by atoms with van der Waals surface area (Å²) in [7, 11) is 0. The molecule has 0 bridgehead atoms. The Hall–Kier alpha value is -1.68. The van der Waals surface area contributed by atoms with E-state index in [-0.39, 0.29) is 0 Å². The van der Waals surface area contributed by atoms with Crippen molar-refractivity contribution in [2.24, 2.45) is 0 Å². The minimum Gasteiger partial charge on any atom is -0.306 e. The van der Waals surface area contributed by atoms with Crippen molar-refractivity contribution >= 4 is 26.8 Å². The molecule has 0 saturated heterocycles. The molecule has 0 aliphatic heterocycles. The van der Waals surface area contributed by atoms with Crippen LogP contribution in [0.5, 0.6) is 0 Å². The molecule has 3 rings (SSSR count). The van der Waals surface area contributed by atoms with E-state index in [1.165, 1.54) is 0 Å². The highest BCUT2D eigenvalue weighted by molar-refractivity contribution is 9.10. The van der Waals surface area contributed by atoms with Crippen LogP contribution in [0.1, 0.15) is 0 Å². The van der Waals surface area contributed by atoms with Gasteiger partial charge in [-0.3, -0.25) is 4.98 Å². The molecule has 78 valence electrons. The van der Waals surface area contributed by atoms with E-state index in [1.54, 1.807) is 12.5 Å². The summed E-state index contributed by atoms with van der Waals surface area (Å²) in [6.07, 6.45) is 7.29. The maximum atomic E-state index is 4.34. The SMILES string of the molecule is Brc1ccc2nccc(-n3ccnc3)c2c1. The number of benzene rings is 1. The van der Waals surface area contributed by atoms with Crippen LogP contribution in [0.25, 0.3) is 16.6 Å². The lowest BCUT2D eigenvalue weighted by Gasteiger charge is -2.06. The second-order valence-corrected chi connectivity index (χ2v) is 4.38. The van der Waals surface area contributed by atoms with Crippen molar-refractivity contribution in [3.63, 3.8) is 0 Å². The molecule has 16 heavy (non-hydrogen) atoms. The third-order valence-electron chi connectivity index (χ3n) is 2.46. The van der Waals surface area contributed by atoms with E-state index in [1.807, 2.05) is 35.2 Å². The van der Waals surface area contributed by atoms with Crippen LogP contribution in [-0.4, -0.2) is 14.5 Å². The number of rotatable bonds is 1. The van der Waals surface area contributed by atoms with E-state index < -0.39 is 0 Å². The third kappa shape index (κ3) is 1.51. The average molecular weight is 274 g/mol. The van der Waals surface area contributed by atoms with Crippen molar-refractivity contribution in [1.29, 1.82) is 0 Å². The summed E-state index contributed by atoms with van der Waals surface area (Å²) in [5.74, 6) is 0. The highest BCUT2D eigenvalue weighted by atomic mass is 79.9. The van der Waals surface area contributed by atoms with Crippen LogP contribution in [0.4, 0.5) is 0 Å². The van der Waals surface area contributed by atoms with Gasteiger partial charge in [0.1, 0.15) is 0 Å². The monoisotopic (exact) mass is 273 g/mol. The minimum atomic E-state index is 0.981. The smallest absolute Gasteiger partial charge is 0.0991 e.